The minimum absolute atomic E-state index is 0.0245. The molecular formula is C20H16ClFN2O4. The average Bonchev–Trinajstić information content (AvgIpc) is 3.16. The lowest BCUT2D eigenvalue weighted by Crippen LogP contribution is -2.21. The monoisotopic (exact) mass is 402 g/mol. The summed E-state index contributed by atoms with van der Waals surface area (Å²) in [6.07, 6.45) is 1.69. The van der Waals surface area contributed by atoms with Crippen molar-refractivity contribution in [2.24, 2.45) is 0 Å². The first-order valence-electron chi connectivity index (χ1n) is 8.42. The molecule has 1 aromatic carbocycles. The van der Waals surface area contributed by atoms with Crippen molar-refractivity contribution in [1.82, 2.24) is 4.98 Å². The number of carbonyl (C=O) groups is 2. The van der Waals surface area contributed by atoms with Gasteiger partial charge in [-0.15, -0.1) is 0 Å². The highest BCUT2D eigenvalue weighted by Crippen LogP contribution is 2.25. The summed E-state index contributed by atoms with van der Waals surface area (Å²) in [5, 5.41) is 2.93. The zero-order valence-electron chi connectivity index (χ0n) is 14.7. The Bertz CT molecular complexity index is 972. The molecule has 0 fully saturated rings. The van der Waals surface area contributed by atoms with Crippen molar-refractivity contribution in [1.29, 1.82) is 0 Å². The van der Waals surface area contributed by atoms with E-state index in [1.165, 1.54) is 18.3 Å². The fourth-order valence-electron chi connectivity index (χ4n) is 2.39. The molecule has 28 heavy (non-hydrogen) atoms. The van der Waals surface area contributed by atoms with Crippen molar-refractivity contribution in [2.75, 3.05) is 11.9 Å². The second kappa shape index (κ2) is 9.14. The Morgan fingerprint density at radius 1 is 1.14 bits per heavy atom. The van der Waals surface area contributed by atoms with Crippen molar-refractivity contribution < 1.29 is 23.1 Å². The van der Waals surface area contributed by atoms with Gasteiger partial charge in [-0.3, -0.25) is 9.59 Å². The molecule has 144 valence electrons. The van der Waals surface area contributed by atoms with Crippen LogP contribution in [-0.2, 0) is 20.7 Å². The highest BCUT2D eigenvalue weighted by Gasteiger charge is 2.12. The van der Waals surface area contributed by atoms with Crippen molar-refractivity contribution in [3.8, 4) is 11.3 Å². The quantitative estimate of drug-likeness (QED) is 0.597. The minimum Gasteiger partial charge on any atom is -0.461 e. The van der Waals surface area contributed by atoms with Crippen LogP contribution in [0.15, 0.2) is 59.1 Å². The van der Waals surface area contributed by atoms with E-state index in [1.54, 1.807) is 36.4 Å². The number of aryl methyl sites for hydroxylation is 1. The lowest BCUT2D eigenvalue weighted by molar-refractivity contribution is -0.147. The van der Waals surface area contributed by atoms with Gasteiger partial charge in [0.1, 0.15) is 23.2 Å². The van der Waals surface area contributed by atoms with Gasteiger partial charge in [-0.1, -0.05) is 23.7 Å². The van der Waals surface area contributed by atoms with Gasteiger partial charge in [-0.2, -0.15) is 0 Å². The first-order chi connectivity index (χ1) is 13.5. The number of hydrogen-bond donors (Lipinski definition) is 1. The Labute approximate surface area is 165 Å². The highest BCUT2D eigenvalue weighted by atomic mass is 35.5. The molecule has 0 aliphatic heterocycles. The topological polar surface area (TPSA) is 81.4 Å². The number of benzene rings is 1. The molecule has 1 amide bonds. The summed E-state index contributed by atoms with van der Waals surface area (Å²) in [4.78, 5) is 27.5. The number of aromatic nitrogens is 1. The molecule has 3 aromatic rings. The maximum atomic E-state index is 13.8. The molecule has 2 aromatic heterocycles. The number of ether oxygens (including phenoxy) is 1. The molecule has 0 unspecified atom stereocenters. The second-order valence-corrected chi connectivity index (χ2v) is 6.25. The predicted octanol–water partition coefficient (Wildman–Crippen LogP) is 4.25. The zero-order valence-corrected chi connectivity index (χ0v) is 15.4. The fourth-order valence-corrected chi connectivity index (χ4v) is 2.50. The zero-order chi connectivity index (χ0) is 19.9. The predicted molar refractivity (Wildman–Crippen MR) is 101 cm³/mol. The molecule has 3 rings (SSSR count). The van der Waals surface area contributed by atoms with E-state index in [9.17, 15) is 14.0 Å². The number of rotatable bonds is 7. The molecule has 0 saturated heterocycles. The first kappa shape index (κ1) is 19.6. The molecule has 0 bridgehead atoms. The Hall–Kier alpha value is -3.19. The summed E-state index contributed by atoms with van der Waals surface area (Å²) in [5.41, 5.74) is 0.351. The number of halogens is 2. The number of carbonyl (C=O) groups excluding carboxylic acids is 2. The van der Waals surface area contributed by atoms with Crippen LogP contribution in [0.2, 0.25) is 5.02 Å². The molecule has 0 saturated carbocycles. The van der Waals surface area contributed by atoms with Gasteiger partial charge in [-0.25, -0.2) is 9.37 Å². The van der Waals surface area contributed by atoms with Gasteiger partial charge in [0, 0.05) is 12.6 Å². The van der Waals surface area contributed by atoms with E-state index in [1.807, 2.05) is 0 Å². The van der Waals surface area contributed by atoms with Crippen LogP contribution < -0.4 is 5.32 Å². The van der Waals surface area contributed by atoms with E-state index in [0.29, 0.717) is 27.9 Å². The molecule has 0 atom stereocenters. The Balaban J connectivity index is 1.44. The Morgan fingerprint density at radius 3 is 2.71 bits per heavy atom. The molecule has 0 aliphatic rings. The number of nitrogens with one attached hydrogen (secondary N) is 1. The third kappa shape index (κ3) is 5.40. The van der Waals surface area contributed by atoms with E-state index in [0.717, 1.165) is 0 Å². The molecule has 8 heteroatoms. The van der Waals surface area contributed by atoms with Crippen LogP contribution in [0.1, 0.15) is 12.2 Å². The SMILES string of the molecule is O=C(COC(=O)CCc1ccc(-c2ccccc2F)o1)Nc1ccc(Cl)cn1. The van der Waals surface area contributed by atoms with E-state index >= 15 is 0 Å². The average molecular weight is 403 g/mol. The Kier molecular flexibility index (Phi) is 6.39. The lowest BCUT2D eigenvalue weighted by Gasteiger charge is -2.05. The second-order valence-electron chi connectivity index (χ2n) is 5.82. The van der Waals surface area contributed by atoms with Gasteiger partial charge in [0.2, 0.25) is 0 Å². The van der Waals surface area contributed by atoms with Gasteiger partial charge in [0.15, 0.2) is 6.61 Å². The molecule has 0 radical (unpaired) electrons. The summed E-state index contributed by atoms with van der Waals surface area (Å²) in [6, 6.07) is 12.7. The molecule has 2 heterocycles. The standard InChI is InChI=1S/C20H16ClFN2O4/c21-13-5-9-18(23-11-13)24-19(25)12-27-20(26)10-7-14-6-8-17(28-14)15-3-1-2-4-16(15)22/h1-6,8-9,11H,7,10,12H2,(H,23,24,25). The maximum Gasteiger partial charge on any atom is 0.306 e. The third-order valence-corrected chi connectivity index (χ3v) is 3.96. The van der Waals surface area contributed by atoms with Gasteiger partial charge < -0.3 is 14.5 Å². The van der Waals surface area contributed by atoms with Crippen molar-refractivity contribution in [2.45, 2.75) is 12.8 Å². The van der Waals surface area contributed by atoms with Crippen molar-refractivity contribution in [3.05, 3.63) is 71.3 Å². The normalized spacial score (nSPS) is 10.5. The highest BCUT2D eigenvalue weighted by molar-refractivity contribution is 6.30. The molecule has 1 N–H and O–H groups in total. The number of hydrogen-bond acceptors (Lipinski definition) is 5. The van der Waals surface area contributed by atoms with Crippen LogP contribution >= 0.6 is 11.6 Å². The van der Waals surface area contributed by atoms with Crippen LogP contribution in [0.5, 0.6) is 0 Å². The van der Waals surface area contributed by atoms with Crippen molar-refractivity contribution >= 4 is 29.3 Å². The van der Waals surface area contributed by atoms with E-state index in [-0.39, 0.29) is 18.7 Å². The summed E-state index contributed by atoms with van der Waals surface area (Å²) in [7, 11) is 0. The number of pyridine rings is 1. The third-order valence-electron chi connectivity index (χ3n) is 3.74. The van der Waals surface area contributed by atoms with E-state index in [2.05, 4.69) is 10.3 Å². The van der Waals surface area contributed by atoms with Crippen molar-refractivity contribution in [3.63, 3.8) is 0 Å². The first-order valence-corrected chi connectivity index (χ1v) is 8.80. The number of nitrogens with zero attached hydrogens (tertiary/aromatic N) is 1. The molecule has 6 nitrogen and oxygen atoms in total. The Morgan fingerprint density at radius 2 is 1.96 bits per heavy atom. The van der Waals surface area contributed by atoms with Gasteiger partial charge >= 0.3 is 5.97 Å². The van der Waals surface area contributed by atoms with Gasteiger partial charge in [0.05, 0.1) is 17.0 Å². The number of anilines is 1. The van der Waals surface area contributed by atoms with Gasteiger partial charge in [-0.05, 0) is 36.4 Å². The lowest BCUT2D eigenvalue weighted by atomic mass is 10.1. The number of amides is 1. The minimum atomic E-state index is -0.553. The van der Waals surface area contributed by atoms with Crippen LogP contribution in [0.25, 0.3) is 11.3 Å². The van der Waals surface area contributed by atoms with E-state index < -0.39 is 18.5 Å². The van der Waals surface area contributed by atoms with Crippen LogP contribution in [-0.4, -0.2) is 23.5 Å². The summed E-state index contributed by atoms with van der Waals surface area (Å²) < 4.78 is 24.3. The number of furan rings is 1. The maximum absolute atomic E-state index is 13.8. The smallest absolute Gasteiger partial charge is 0.306 e. The van der Waals surface area contributed by atoms with Crippen LogP contribution in [0.4, 0.5) is 10.2 Å². The van der Waals surface area contributed by atoms with Gasteiger partial charge in [0.25, 0.3) is 5.91 Å². The summed E-state index contributed by atoms with van der Waals surface area (Å²) in [6.45, 7) is -0.429. The molecule has 0 spiro atoms. The fraction of sp³-hybridized carbons (Fsp3) is 0.150. The number of esters is 1. The molecule has 0 aliphatic carbocycles. The van der Waals surface area contributed by atoms with Crippen LogP contribution in [0, 0.1) is 5.82 Å². The largest absolute Gasteiger partial charge is 0.461 e. The van der Waals surface area contributed by atoms with Crippen LogP contribution in [0.3, 0.4) is 0 Å². The molecular weight excluding hydrogens is 387 g/mol. The van der Waals surface area contributed by atoms with E-state index in [4.69, 9.17) is 20.8 Å². The summed E-state index contributed by atoms with van der Waals surface area (Å²) in [5.74, 6) is -0.238. The summed E-state index contributed by atoms with van der Waals surface area (Å²) >= 11 is 5.71.